The molecule has 1 aliphatic heterocycles. The minimum absolute atomic E-state index is 0.0153. The lowest BCUT2D eigenvalue weighted by molar-refractivity contribution is -0.119. The van der Waals surface area contributed by atoms with Crippen molar-refractivity contribution in [3.63, 3.8) is 0 Å². The van der Waals surface area contributed by atoms with Crippen LogP contribution < -0.4 is 10.5 Å². The monoisotopic (exact) mass is 387 g/mol. The molecule has 0 bridgehead atoms. The van der Waals surface area contributed by atoms with Gasteiger partial charge in [-0.3, -0.25) is 14.4 Å². The van der Waals surface area contributed by atoms with Gasteiger partial charge < -0.3 is 20.3 Å². The van der Waals surface area contributed by atoms with Crippen LogP contribution in [-0.4, -0.2) is 60.3 Å². The van der Waals surface area contributed by atoms with Crippen LogP contribution in [0.3, 0.4) is 0 Å². The fourth-order valence-corrected chi connectivity index (χ4v) is 3.55. The maximum atomic E-state index is 12.7. The molecule has 1 aromatic heterocycles. The van der Waals surface area contributed by atoms with Crippen LogP contribution >= 0.6 is 11.3 Å². The molecule has 0 unspecified atom stereocenters. The van der Waals surface area contributed by atoms with Crippen molar-refractivity contribution in [2.75, 3.05) is 32.8 Å². The van der Waals surface area contributed by atoms with Gasteiger partial charge in [0.05, 0.1) is 5.56 Å². The van der Waals surface area contributed by atoms with Crippen molar-refractivity contribution in [1.29, 1.82) is 0 Å². The van der Waals surface area contributed by atoms with Crippen molar-refractivity contribution < 1.29 is 19.1 Å². The molecule has 1 aromatic carbocycles. The molecule has 142 valence electrons. The average Bonchev–Trinajstić information content (AvgIpc) is 3.10. The second kappa shape index (κ2) is 8.68. The highest BCUT2D eigenvalue weighted by atomic mass is 32.1. The van der Waals surface area contributed by atoms with Crippen LogP contribution in [0.25, 0.3) is 0 Å². The summed E-state index contributed by atoms with van der Waals surface area (Å²) in [6.07, 6.45) is 0.738. The Balaban J connectivity index is 1.59. The van der Waals surface area contributed by atoms with Gasteiger partial charge in [0.1, 0.15) is 5.75 Å². The largest absolute Gasteiger partial charge is 0.484 e. The minimum Gasteiger partial charge on any atom is -0.484 e. The fourth-order valence-electron chi connectivity index (χ4n) is 2.92. The zero-order valence-corrected chi connectivity index (χ0v) is 15.6. The normalized spacial score (nSPS) is 14.5. The number of rotatable bonds is 5. The standard InChI is InChI=1S/C19H21N3O4S/c20-17(23)12-26-16-4-2-14(3-5-16)18(24)21-7-1-8-22(10-9-21)19(25)15-6-11-27-13-15/h2-6,11,13H,1,7-10,12H2,(H2,20,23). The molecule has 1 saturated heterocycles. The molecule has 3 amide bonds. The minimum atomic E-state index is -0.554. The van der Waals surface area contributed by atoms with Crippen molar-refractivity contribution >= 4 is 29.1 Å². The maximum absolute atomic E-state index is 12.7. The van der Waals surface area contributed by atoms with E-state index in [0.29, 0.717) is 43.1 Å². The number of nitrogens with zero attached hydrogens (tertiary/aromatic N) is 2. The number of nitrogens with two attached hydrogens (primary N) is 1. The van der Waals surface area contributed by atoms with Crippen LogP contribution in [0.2, 0.25) is 0 Å². The van der Waals surface area contributed by atoms with Crippen LogP contribution in [0.1, 0.15) is 27.1 Å². The smallest absolute Gasteiger partial charge is 0.255 e. The average molecular weight is 387 g/mol. The second-order valence-corrected chi connectivity index (χ2v) is 7.01. The summed E-state index contributed by atoms with van der Waals surface area (Å²) in [7, 11) is 0. The van der Waals surface area contributed by atoms with Crippen molar-refractivity contribution in [2.24, 2.45) is 5.73 Å². The van der Waals surface area contributed by atoms with Crippen LogP contribution in [-0.2, 0) is 4.79 Å². The third-order valence-electron chi connectivity index (χ3n) is 4.32. The SMILES string of the molecule is NC(=O)COc1ccc(C(=O)N2CCCN(C(=O)c3ccsc3)CC2)cc1. The molecule has 2 aromatic rings. The quantitative estimate of drug-likeness (QED) is 0.843. The summed E-state index contributed by atoms with van der Waals surface area (Å²) in [6.45, 7) is 2.05. The van der Waals surface area contributed by atoms with Crippen LogP contribution in [0.15, 0.2) is 41.1 Å². The molecule has 0 radical (unpaired) electrons. The number of carbonyl (C=O) groups excluding carboxylic acids is 3. The molecule has 8 heteroatoms. The predicted molar refractivity (Wildman–Crippen MR) is 102 cm³/mol. The Bertz CT molecular complexity index is 805. The third-order valence-corrected chi connectivity index (χ3v) is 5.00. The molecule has 27 heavy (non-hydrogen) atoms. The van der Waals surface area contributed by atoms with Gasteiger partial charge in [-0.05, 0) is 42.1 Å². The molecule has 0 spiro atoms. The molecule has 0 atom stereocenters. The van der Waals surface area contributed by atoms with E-state index in [2.05, 4.69) is 0 Å². The van der Waals surface area contributed by atoms with E-state index in [1.54, 1.807) is 34.1 Å². The molecular weight excluding hydrogens is 366 g/mol. The number of primary amides is 1. The number of thiophene rings is 1. The summed E-state index contributed by atoms with van der Waals surface area (Å²) in [4.78, 5) is 39.5. The highest BCUT2D eigenvalue weighted by molar-refractivity contribution is 7.08. The molecule has 3 rings (SSSR count). The van der Waals surface area contributed by atoms with E-state index in [0.717, 1.165) is 6.42 Å². The van der Waals surface area contributed by atoms with Gasteiger partial charge in [0.2, 0.25) is 0 Å². The van der Waals surface area contributed by atoms with Gasteiger partial charge in [-0.1, -0.05) is 0 Å². The Labute approximate surface area is 161 Å². The van der Waals surface area contributed by atoms with Gasteiger partial charge >= 0.3 is 0 Å². The van der Waals surface area contributed by atoms with E-state index in [9.17, 15) is 14.4 Å². The number of carbonyl (C=O) groups is 3. The highest BCUT2D eigenvalue weighted by Crippen LogP contribution is 2.16. The number of benzene rings is 1. The predicted octanol–water partition coefficient (Wildman–Crippen LogP) is 1.60. The zero-order valence-electron chi connectivity index (χ0n) is 14.8. The van der Waals surface area contributed by atoms with Crippen molar-refractivity contribution in [3.8, 4) is 5.75 Å². The lowest BCUT2D eigenvalue weighted by Gasteiger charge is -2.22. The Kier molecular flexibility index (Phi) is 6.08. The number of hydrogen-bond donors (Lipinski definition) is 1. The Morgan fingerprint density at radius 2 is 1.56 bits per heavy atom. The van der Waals surface area contributed by atoms with Crippen molar-refractivity contribution in [2.45, 2.75) is 6.42 Å². The molecule has 2 heterocycles. The fraction of sp³-hybridized carbons (Fsp3) is 0.316. The van der Waals surface area contributed by atoms with Gasteiger partial charge in [-0.15, -0.1) is 0 Å². The summed E-state index contributed by atoms with van der Waals surface area (Å²) in [6, 6.07) is 8.43. The Morgan fingerprint density at radius 3 is 2.11 bits per heavy atom. The highest BCUT2D eigenvalue weighted by Gasteiger charge is 2.23. The van der Waals surface area contributed by atoms with E-state index in [-0.39, 0.29) is 18.4 Å². The van der Waals surface area contributed by atoms with Crippen molar-refractivity contribution in [3.05, 3.63) is 52.2 Å². The van der Waals surface area contributed by atoms with Crippen LogP contribution in [0.5, 0.6) is 5.75 Å². The third kappa shape index (κ3) is 4.85. The first-order valence-corrected chi connectivity index (χ1v) is 9.61. The Hall–Kier alpha value is -2.87. The van der Waals surface area contributed by atoms with E-state index in [4.69, 9.17) is 10.5 Å². The molecule has 1 fully saturated rings. The van der Waals surface area contributed by atoms with E-state index < -0.39 is 5.91 Å². The second-order valence-electron chi connectivity index (χ2n) is 6.23. The molecule has 2 N–H and O–H groups in total. The van der Waals surface area contributed by atoms with Crippen molar-refractivity contribution in [1.82, 2.24) is 9.80 Å². The first-order valence-electron chi connectivity index (χ1n) is 8.66. The van der Waals surface area contributed by atoms with Gasteiger partial charge in [0.25, 0.3) is 17.7 Å². The van der Waals surface area contributed by atoms with Crippen LogP contribution in [0.4, 0.5) is 0 Å². The first kappa shape index (κ1) is 18.9. The lowest BCUT2D eigenvalue weighted by atomic mass is 10.2. The summed E-state index contributed by atoms with van der Waals surface area (Å²) >= 11 is 1.50. The maximum Gasteiger partial charge on any atom is 0.255 e. The van der Waals surface area contributed by atoms with Gasteiger partial charge in [-0.25, -0.2) is 0 Å². The summed E-state index contributed by atoms with van der Waals surface area (Å²) in [5, 5.41) is 3.73. The molecule has 1 aliphatic rings. The molecule has 0 aliphatic carbocycles. The number of ether oxygens (including phenoxy) is 1. The topological polar surface area (TPSA) is 92.9 Å². The summed E-state index contributed by atoms with van der Waals surface area (Å²) in [5.74, 6) is -0.141. The Morgan fingerprint density at radius 1 is 0.926 bits per heavy atom. The van der Waals surface area contributed by atoms with E-state index in [1.165, 1.54) is 11.3 Å². The summed E-state index contributed by atoms with van der Waals surface area (Å²) in [5.41, 5.74) is 6.28. The number of amides is 3. The van der Waals surface area contributed by atoms with Gasteiger partial charge in [0, 0.05) is 37.1 Å². The molecule has 7 nitrogen and oxygen atoms in total. The number of hydrogen-bond acceptors (Lipinski definition) is 5. The van der Waals surface area contributed by atoms with Gasteiger partial charge in [0.15, 0.2) is 6.61 Å². The van der Waals surface area contributed by atoms with Gasteiger partial charge in [-0.2, -0.15) is 11.3 Å². The van der Waals surface area contributed by atoms with E-state index >= 15 is 0 Å². The molecular formula is C19H21N3O4S. The lowest BCUT2D eigenvalue weighted by Crippen LogP contribution is -2.37. The van der Waals surface area contributed by atoms with Crippen LogP contribution in [0, 0.1) is 0 Å². The summed E-state index contributed by atoms with van der Waals surface area (Å²) < 4.78 is 5.20. The molecule has 0 saturated carbocycles. The van der Waals surface area contributed by atoms with E-state index in [1.807, 2.05) is 16.8 Å². The zero-order chi connectivity index (χ0) is 19.2. The first-order chi connectivity index (χ1) is 13.0.